The predicted octanol–water partition coefficient (Wildman–Crippen LogP) is 1.77. The molecule has 1 aromatic heterocycles. The Balaban J connectivity index is 1.80. The Kier molecular flexibility index (Phi) is 4.90. The molecule has 5 heteroatoms. The first-order valence-electron chi connectivity index (χ1n) is 6.52. The zero-order valence-corrected chi connectivity index (χ0v) is 11.0. The molecule has 5 nitrogen and oxygen atoms in total. The molecule has 0 aliphatic carbocycles. The van der Waals surface area contributed by atoms with Gasteiger partial charge in [-0.2, -0.15) is 5.26 Å². The molecule has 0 radical (unpaired) electrons. The molecule has 0 aliphatic heterocycles. The van der Waals surface area contributed by atoms with Crippen molar-refractivity contribution in [3.8, 4) is 6.07 Å². The normalized spacial score (nSPS) is 11.6. The summed E-state index contributed by atoms with van der Waals surface area (Å²) in [4.78, 5) is 19.1. The van der Waals surface area contributed by atoms with Gasteiger partial charge in [0.25, 0.3) is 0 Å². The first-order valence-corrected chi connectivity index (χ1v) is 6.52. The number of benzene rings is 1. The lowest BCUT2D eigenvalue weighted by molar-refractivity contribution is -0.121. The highest BCUT2D eigenvalue weighted by Crippen LogP contribution is 2.14. The van der Waals surface area contributed by atoms with E-state index in [0.717, 1.165) is 24.2 Å². The van der Waals surface area contributed by atoms with Crippen LogP contribution in [-0.4, -0.2) is 22.4 Å². The Morgan fingerprint density at radius 2 is 2.20 bits per heavy atom. The SMILES string of the molecule is N#CC(C(=O)NCCCc1ncc[nH]1)c1ccccc1. The van der Waals surface area contributed by atoms with Gasteiger partial charge < -0.3 is 10.3 Å². The molecule has 2 N–H and O–H groups in total. The number of carbonyl (C=O) groups excluding carboxylic acids is 1. The molecule has 1 amide bonds. The zero-order chi connectivity index (χ0) is 14.2. The third-order valence-electron chi connectivity index (χ3n) is 2.97. The number of carbonyl (C=O) groups is 1. The van der Waals surface area contributed by atoms with Gasteiger partial charge in [0, 0.05) is 25.4 Å². The summed E-state index contributed by atoms with van der Waals surface area (Å²) in [5.74, 6) is -0.0999. The van der Waals surface area contributed by atoms with Gasteiger partial charge in [-0.05, 0) is 12.0 Å². The van der Waals surface area contributed by atoms with Crippen LogP contribution < -0.4 is 5.32 Å². The lowest BCUT2D eigenvalue weighted by Gasteiger charge is -2.10. The lowest BCUT2D eigenvalue weighted by Crippen LogP contribution is -2.29. The number of imidazole rings is 1. The maximum Gasteiger partial charge on any atom is 0.241 e. The average Bonchev–Trinajstić information content (AvgIpc) is 2.99. The monoisotopic (exact) mass is 268 g/mol. The van der Waals surface area contributed by atoms with E-state index in [4.69, 9.17) is 5.26 Å². The van der Waals surface area contributed by atoms with Crippen molar-refractivity contribution in [3.05, 3.63) is 54.1 Å². The quantitative estimate of drug-likeness (QED) is 0.783. The van der Waals surface area contributed by atoms with Crippen molar-refractivity contribution in [2.45, 2.75) is 18.8 Å². The van der Waals surface area contributed by atoms with E-state index in [1.807, 2.05) is 24.3 Å². The molecule has 1 aromatic carbocycles. The fourth-order valence-electron chi connectivity index (χ4n) is 1.93. The van der Waals surface area contributed by atoms with E-state index < -0.39 is 5.92 Å². The number of nitriles is 1. The number of rotatable bonds is 6. The number of hydrogen-bond acceptors (Lipinski definition) is 3. The maximum absolute atomic E-state index is 12.0. The van der Waals surface area contributed by atoms with Crippen LogP contribution in [-0.2, 0) is 11.2 Å². The molecule has 0 aliphatic rings. The van der Waals surface area contributed by atoms with Crippen molar-refractivity contribution in [1.29, 1.82) is 5.26 Å². The average molecular weight is 268 g/mol. The summed E-state index contributed by atoms with van der Waals surface area (Å²) >= 11 is 0. The largest absolute Gasteiger partial charge is 0.355 e. The minimum Gasteiger partial charge on any atom is -0.355 e. The maximum atomic E-state index is 12.0. The van der Waals surface area contributed by atoms with Gasteiger partial charge in [-0.1, -0.05) is 30.3 Å². The number of aromatic amines is 1. The number of amides is 1. The van der Waals surface area contributed by atoms with Crippen molar-refractivity contribution in [3.63, 3.8) is 0 Å². The predicted molar refractivity (Wildman–Crippen MR) is 74.7 cm³/mol. The molecule has 0 saturated carbocycles. The number of nitrogens with zero attached hydrogens (tertiary/aromatic N) is 2. The highest BCUT2D eigenvalue weighted by Gasteiger charge is 2.18. The van der Waals surface area contributed by atoms with Crippen molar-refractivity contribution >= 4 is 5.91 Å². The van der Waals surface area contributed by atoms with Gasteiger partial charge in [0.05, 0.1) is 6.07 Å². The second-order valence-electron chi connectivity index (χ2n) is 4.40. The molecule has 2 rings (SSSR count). The summed E-state index contributed by atoms with van der Waals surface area (Å²) in [6.45, 7) is 0.532. The minimum atomic E-state index is -0.750. The summed E-state index contributed by atoms with van der Waals surface area (Å²) in [6, 6.07) is 11.1. The molecule has 1 atom stereocenters. The van der Waals surface area contributed by atoms with Crippen molar-refractivity contribution < 1.29 is 4.79 Å². The molecule has 1 unspecified atom stereocenters. The minimum absolute atomic E-state index is 0.252. The summed E-state index contributed by atoms with van der Waals surface area (Å²) in [7, 11) is 0. The van der Waals surface area contributed by atoms with Gasteiger partial charge in [0.1, 0.15) is 11.7 Å². The number of hydrogen-bond donors (Lipinski definition) is 2. The van der Waals surface area contributed by atoms with E-state index in [0.29, 0.717) is 6.54 Å². The summed E-state index contributed by atoms with van der Waals surface area (Å²) in [5, 5.41) is 11.9. The molecular formula is C15H16N4O. The fourth-order valence-corrected chi connectivity index (χ4v) is 1.93. The highest BCUT2D eigenvalue weighted by molar-refractivity contribution is 5.86. The first kappa shape index (κ1) is 13.8. The zero-order valence-electron chi connectivity index (χ0n) is 11.0. The highest BCUT2D eigenvalue weighted by atomic mass is 16.1. The molecule has 2 aromatic rings. The molecule has 0 spiro atoms. The molecule has 102 valence electrons. The topological polar surface area (TPSA) is 81.6 Å². The van der Waals surface area contributed by atoms with Crippen LogP contribution in [0, 0.1) is 11.3 Å². The van der Waals surface area contributed by atoms with Gasteiger partial charge in [0.2, 0.25) is 5.91 Å². The molecule has 0 fully saturated rings. The van der Waals surface area contributed by atoms with E-state index in [2.05, 4.69) is 15.3 Å². The summed E-state index contributed by atoms with van der Waals surface area (Å²) < 4.78 is 0. The number of H-pyrrole nitrogens is 1. The molecule has 20 heavy (non-hydrogen) atoms. The second-order valence-corrected chi connectivity index (χ2v) is 4.40. The first-order chi connectivity index (χ1) is 9.81. The second kappa shape index (κ2) is 7.10. The van der Waals surface area contributed by atoms with Gasteiger partial charge in [0.15, 0.2) is 0 Å². The summed E-state index contributed by atoms with van der Waals surface area (Å²) in [6.07, 6.45) is 5.03. The van der Waals surface area contributed by atoms with Gasteiger partial charge >= 0.3 is 0 Å². The van der Waals surface area contributed by atoms with Crippen LogP contribution >= 0.6 is 0 Å². The standard InChI is InChI=1S/C15H16N4O/c16-11-13(12-5-2-1-3-6-12)15(20)19-8-4-7-14-17-9-10-18-14/h1-3,5-6,9-10,13H,4,7-8H2,(H,17,18)(H,19,20). The smallest absolute Gasteiger partial charge is 0.241 e. The van der Waals surface area contributed by atoms with Crippen LogP contribution in [0.1, 0.15) is 23.7 Å². The van der Waals surface area contributed by atoms with Crippen LogP contribution in [0.3, 0.4) is 0 Å². The van der Waals surface area contributed by atoms with E-state index in [9.17, 15) is 4.79 Å². The number of nitrogens with one attached hydrogen (secondary N) is 2. The Labute approximate surface area is 117 Å². The van der Waals surface area contributed by atoms with Crippen LogP contribution in [0.5, 0.6) is 0 Å². The van der Waals surface area contributed by atoms with Crippen LogP contribution in [0.2, 0.25) is 0 Å². The van der Waals surface area contributed by atoms with Crippen molar-refractivity contribution in [2.75, 3.05) is 6.54 Å². The van der Waals surface area contributed by atoms with E-state index in [1.165, 1.54) is 0 Å². The molecular weight excluding hydrogens is 252 g/mol. The molecule has 1 heterocycles. The number of aromatic nitrogens is 2. The van der Waals surface area contributed by atoms with Crippen LogP contribution in [0.15, 0.2) is 42.7 Å². The Bertz CT molecular complexity index is 572. The van der Waals surface area contributed by atoms with E-state index >= 15 is 0 Å². The Hall–Kier alpha value is -2.61. The third-order valence-corrected chi connectivity index (χ3v) is 2.97. The van der Waals surface area contributed by atoms with Crippen LogP contribution in [0.4, 0.5) is 0 Å². The molecule has 0 saturated heterocycles. The van der Waals surface area contributed by atoms with E-state index in [1.54, 1.807) is 24.5 Å². The van der Waals surface area contributed by atoms with Gasteiger partial charge in [-0.25, -0.2) is 4.98 Å². The van der Waals surface area contributed by atoms with Crippen LogP contribution in [0.25, 0.3) is 0 Å². The Morgan fingerprint density at radius 1 is 1.40 bits per heavy atom. The van der Waals surface area contributed by atoms with Crippen molar-refractivity contribution in [2.24, 2.45) is 0 Å². The summed E-state index contributed by atoms with van der Waals surface area (Å²) in [5.41, 5.74) is 0.721. The fraction of sp³-hybridized carbons (Fsp3) is 0.267. The Morgan fingerprint density at radius 3 is 2.85 bits per heavy atom. The van der Waals surface area contributed by atoms with E-state index in [-0.39, 0.29) is 5.91 Å². The lowest BCUT2D eigenvalue weighted by atomic mass is 10.00. The van der Waals surface area contributed by atoms with Gasteiger partial charge in [-0.15, -0.1) is 0 Å². The van der Waals surface area contributed by atoms with Crippen molar-refractivity contribution in [1.82, 2.24) is 15.3 Å². The molecule has 0 bridgehead atoms. The third kappa shape index (κ3) is 3.69. The number of aryl methyl sites for hydroxylation is 1. The van der Waals surface area contributed by atoms with Gasteiger partial charge in [-0.3, -0.25) is 4.79 Å².